The normalized spacial score (nSPS) is 12.1. The van der Waals surface area contributed by atoms with Crippen molar-refractivity contribution < 1.29 is 13.9 Å². The zero-order valence-electron chi connectivity index (χ0n) is 22.3. The topological polar surface area (TPSA) is 65.7 Å². The Morgan fingerprint density at radius 1 is 1.13 bits per heavy atom. The molecule has 1 heterocycles. The van der Waals surface area contributed by atoms with Gasteiger partial charge in [0.2, 0.25) is 0 Å². The van der Waals surface area contributed by atoms with Crippen molar-refractivity contribution in [2.75, 3.05) is 6.61 Å². The number of halogens is 2. The molecule has 1 atom stereocenters. The minimum Gasteiger partial charge on any atom is -0.490 e. The summed E-state index contributed by atoms with van der Waals surface area (Å²) in [5.41, 5.74) is 2.83. The van der Waals surface area contributed by atoms with Crippen molar-refractivity contribution in [1.29, 1.82) is 0 Å². The molecule has 0 fully saturated rings. The Kier molecular flexibility index (Phi) is 9.30. The molecular weight excluding hydrogens is 561 g/mol. The first kappa shape index (κ1) is 28.2. The highest BCUT2D eigenvalue weighted by atomic mass is 79.9. The Morgan fingerprint density at radius 3 is 2.59 bits per heavy atom. The molecule has 202 valence electrons. The molecule has 0 unspecified atom stereocenters. The number of hydrogen-bond acceptors (Lipinski definition) is 5. The number of hydrogen-bond donors (Lipinski definition) is 0. The Labute approximate surface area is 235 Å². The monoisotopic (exact) mass is 591 g/mol. The van der Waals surface area contributed by atoms with Crippen LogP contribution in [0.15, 0.2) is 81.6 Å². The quantitative estimate of drug-likeness (QED) is 0.135. The van der Waals surface area contributed by atoms with Gasteiger partial charge in [-0.05, 0) is 73.4 Å². The van der Waals surface area contributed by atoms with Crippen LogP contribution in [0.1, 0.15) is 55.6 Å². The van der Waals surface area contributed by atoms with Gasteiger partial charge in [-0.25, -0.2) is 9.37 Å². The van der Waals surface area contributed by atoms with Crippen LogP contribution >= 0.6 is 15.9 Å². The Bertz CT molecular complexity index is 1560. The summed E-state index contributed by atoms with van der Waals surface area (Å²) in [4.78, 5) is 18.3. The summed E-state index contributed by atoms with van der Waals surface area (Å²) in [7, 11) is 0. The second-order valence-corrected chi connectivity index (χ2v) is 10.1. The Balaban J connectivity index is 1.76. The van der Waals surface area contributed by atoms with E-state index in [-0.39, 0.29) is 23.9 Å². The van der Waals surface area contributed by atoms with Gasteiger partial charge in [-0.3, -0.25) is 4.79 Å². The fraction of sp³-hybridized carbons (Fsp3) is 0.258. The van der Waals surface area contributed by atoms with Gasteiger partial charge in [-0.2, -0.15) is 9.78 Å². The predicted molar refractivity (Wildman–Crippen MR) is 158 cm³/mol. The lowest BCUT2D eigenvalue weighted by Crippen LogP contribution is -2.23. The van der Waals surface area contributed by atoms with Gasteiger partial charge < -0.3 is 9.47 Å². The molecule has 0 saturated heterocycles. The minimum absolute atomic E-state index is 0.0282. The van der Waals surface area contributed by atoms with Crippen LogP contribution in [0.4, 0.5) is 4.39 Å². The zero-order chi connectivity index (χ0) is 27.9. The van der Waals surface area contributed by atoms with E-state index in [2.05, 4.69) is 34.5 Å². The van der Waals surface area contributed by atoms with Crippen molar-refractivity contribution in [2.45, 2.75) is 46.1 Å². The van der Waals surface area contributed by atoms with Gasteiger partial charge in [0, 0.05) is 16.0 Å². The summed E-state index contributed by atoms with van der Waals surface area (Å²) >= 11 is 3.45. The second kappa shape index (κ2) is 12.8. The molecule has 0 amide bonds. The fourth-order valence-electron chi connectivity index (χ4n) is 4.13. The molecule has 1 aromatic heterocycles. The summed E-state index contributed by atoms with van der Waals surface area (Å²) in [6.07, 6.45) is 4.76. The van der Waals surface area contributed by atoms with Crippen molar-refractivity contribution in [3.63, 3.8) is 0 Å². The highest BCUT2D eigenvalue weighted by Gasteiger charge is 2.17. The number of aromatic nitrogens is 2. The van der Waals surface area contributed by atoms with E-state index in [1.807, 2.05) is 38.1 Å². The molecule has 0 aliphatic heterocycles. The van der Waals surface area contributed by atoms with Crippen LogP contribution in [0.25, 0.3) is 10.9 Å². The first-order chi connectivity index (χ1) is 18.8. The van der Waals surface area contributed by atoms with Gasteiger partial charge in [-0.1, -0.05) is 48.0 Å². The van der Waals surface area contributed by atoms with Crippen LogP contribution in [-0.4, -0.2) is 22.5 Å². The number of ether oxygens (including phenoxy) is 2. The molecule has 0 aliphatic rings. The number of allylic oxidation sites excluding steroid dienone is 1. The number of benzene rings is 3. The van der Waals surface area contributed by atoms with E-state index in [0.29, 0.717) is 41.3 Å². The van der Waals surface area contributed by atoms with Crippen LogP contribution in [0.5, 0.6) is 11.5 Å². The van der Waals surface area contributed by atoms with Crippen LogP contribution < -0.4 is 15.0 Å². The predicted octanol–water partition coefficient (Wildman–Crippen LogP) is 7.40. The molecule has 0 bridgehead atoms. The molecule has 3 aromatic carbocycles. The Hall–Kier alpha value is -3.78. The molecule has 0 aliphatic carbocycles. The van der Waals surface area contributed by atoms with Crippen LogP contribution in [0.2, 0.25) is 0 Å². The fourth-order valence-corrected chi connectivity index (χ4v) is 4.49. The van der Waals surface area contributed by atoms with Gasteiger partial charge in [0.25, 0.3) is 5.56 Å². The lowest BCUT2D eigenvalue weighted by Gasteiger charge is -2.17. The molecule has 0 saturated carbocycles. The molecule has 0 N–H and O–H groups in total. The largest absolute Gasteiger partial charge is 0.490 e. The molecule has 0 radical (unpaired) electrons. The van der Waals surface area contributed by atoms with Crippen molar-refractivity contribution >= 4 is 33.0 Å². The summed E-state index contributed by atoms with van der Waals surface area (Å²) in [6.45, 7) is 10.5. The average molecular weight is 593 g/mol. The molecule has 4 rings (SSSR count). The first-order valence-electron chi connectivity index (χ1n) is 12.9. The Morgan fingerprint density at radius 2 is 1.90 bits per heavy atom. The van der Waals surface area contributed by atoms with E-state index >= 15 is 0 Å². The van der Waals surface area contributed by atoms with Crippen LogP contribution in [0.3, 0.4) is 0 Å². The maximum atomic E-state index is 13.5. The third kappa shape index (κ3) is 6.63. The maximum Gasteiger partial charge on any atom is 0.282 e. The van der Waals surface area contributed by atoms with Gasteiger partial charge in [-0.15, -0.1) is 6.58 Å². The number of rotatable bonds is 11. The van der Waals surface area contributed by atoms with E-state index in [9.17, 15) is 9.18 Å². The van der Waals surface area contributed by atoms with Crippen LogP contribution in [-0.2, 0) is 13.0 Å². The highest BCUT2D eigenvalue weighted by Crippen LogP contribution is 2.34. The second-order valence-electron chi connectivity index (χ2n) is 9.15. The summed E-state index contributed by atoms with van der Waals surface area (Å²) < 4.78 is 27.6. The smallest absolute Gasteiger partial charge is 0.282 e. The maximum absolute atomic E-state index is 13.5. The molecule has 0 spiro atoms. The van der Waals surface area contributed by atoms with E-state index < -0.39 is 0 Å². The van der Waals surface area contributed by atoms with Crippen LogP contribution in [0, 0.1) is 5.82 Å². The summed E-state index contributed by atoms with van der Waals surface area (Å²) in [5, 5.41) is 5.09. The van der Waals surface area contributed by atoms with Crippen molar-refractivity contribution in [2.24, 2.45) is 5.10 Å². The summed E-state index contributed by atoms with van der Waals surface area (Å²) in [6, 6.07) is 15.4. The van der Waals surface area contributed by atoms with Gasteiger partial charge in [0.15, 0.2) is 11.5 Å². The van der Waals surface area contributed by atoms with Crippen molar-refractivity contribution in [3.05, 3.63) is 110 Å². The molecular formula is C31H31BrFN3O3. The van der Waals surface area contributed by atoms with E-state index in [1.165, 1.54) is 16.8 Å². The lowest BCUT2D eigenvalue weighted by atomic mass is 10.1. The van der Waals surface area contributed by atoms with E-state index in [0.717, 1.165) is 27.6 Å². The van der Waals surface area contributed by atoms with Gasteiger partial charge in [0.1, 0.15) is 18.2 Å². The highest BCUT2D eigenvalue weighted by molar-refractivity contribution is 9.10. The van der Waals surface area contributed by atoms with E-state index in [1.54, 1.807) is 30.5 Å². The third-order valence-corrected chi connectivity index (χ3v) is 6.82. The third-order valence-electron chi connectivity index (χ3n) is 6.32. The lowest BCUT2D eigenvalue weighted by molar-refractivity contribution is 0.267. The molecule has 39 heavy (non-hydrogen) atoms. The minimum atomic E-state index is -0.297. The SMILES string of the molecule is C=CCc1cc(C=Nn2c([C@@H](C)CC)nc3ccc(Br)cc3c2=O)cc(OCC)c1OCc1ccc(F)cc1. The van der Waals surface area contributed by atoms with Gasteiger partial charge in [0.05, 0.1) is 23.7 Å². The molecule has 6 nitrogen and oxygen atoms in total. The summed E-state index contributed by atoms with van der Waals surface area (Å²) in [5.74, 6) is 1.47. The van der Waals surface area contributed by atoms with Crippen molar-refractivity contribution in [1.82, 2.24) is 9.66 Å². The number of fused-ring (bicyclic) bond motifs is 1. The first-order valence-corrected chi connectivity index (χ1v) is 13.7. The van der Waals surface area contributed by atoms with Gasteiger partial charge >= 0.3 is 0 Å². The van der Waals surface area contributed by atoms with E-state index in [4.69, 9.17) is 14.5 Å². The zero-order valence-corrected chi connectivity index (χ0v) is 23.9. The average Bonchev–Trinajstić information content (AvgIpc) is 2.93. The van der Waals surface area contributed by atoms with Crippen molar-refractivity contribution in [3.8, 4) is 11.5 Å². The molecule has 8 heteroatoms. The number of nitrogens with zero attached hydrogens (tertiary/aromatic N) is 3. The standard InChI is InChI=1S/C31H31BrFN3O3/c1-5-8-23-15-22(16-28(38-7-3)29(23)39-19-21-9-12-25(33)13-10-21)18-34-36-30(20(4)6-2)35-27-14-11-24(32)17-26(27)31(36)37/h5,9-18,20H,1,6-8,19H2,2-4H3/t20-/m0/s1. The molecule has 4 aromatic rings.